The van der Waals surface area contributed by atoms with Gasteiger partial charge in [-0.1, -0.05) is 0 Å². The first kappa shape index (κ1) is 8.31. The van der Waals surface area contributed by atoms with Gasteiger partial charge in [-0.2, -0.15) is 0 Å². The van der Waals surface area contributed by atoms with Crippen molar-refractivity contribution in [1.82, 2.24) is 0 Å². The van der Waals surface area contributed by atoms with E-state index in [0.717, 1.165) is 5.75 Å². The van der Waals surface area contributed by atoms with E-state index < -0.39 is 9.03 Å². The summed E-state index contributed by atoms with van der Waals surface area (Å²) >= 11 is 0. The van der Waals surface area contributed by atoms with Crippen LogP contribution >= 0.6 is 9.03 Å². The van der Waals surface area contributed by atoms with Gasteiger partial charge in [0.2, 0.25) is 9.03 Å². The van der Waals surface area contributed by atoms with Crippen LogP contribution < -0.4 is 9.26 Å². The molecule has 0 bridgehead atoms. The molecule has 4 heteroatoms. The second kappa shape index (κ2) is 4.16. The van der Waals surface area contributed by atoms with E-state index in [1.54, 1.807) is 31.4 Å². The van der Waals surface area contributed by atoms with Crippen LogP contribution in [0.5, 0.6) is 11.5 Å². The van der Waals surface area contributed by atoms with E-state index in [-0.39, 0.29) is 0 Å². The lowest BCUT2D eigenvalue weighted by Gasteiger charge is -2.01. The fourth-order valence-electron chi connectivity index (χ4n) is 0.696. The van der Waals surface area contributed by atoms with Gasteiger partial charge in [0, 0.05) is 0 Å². The minimum atomic E-state index is -0.508. The van der Waals surface area contributed by atoms with Gasteiger partial charge in [0.05, 0.1) is 7.11 Å². The molecule has 1 aromatic rings. The lowest BCUT2D eigenvalue weighted by atomic mass is 10.3. The molecule has 0 aliphatic carbocycles. The van der Waals surface area contributed by atoms with Crippen molar-refractivity contribution in [3.8, 4) is 11.5 Å². The zero-order valence-electron chi connectivity index (χ0n) is 6.07. The molecule has 0 amide bonds. The maximum absolute atomic E-state index is 8.42. The van der Waals surface area contributed by atoms with E-state index in [0.29, 0.717) is 5.75 Å². The third-order valence-electron chi connectivity index (χ3n) is 1.22. The first-order valence-electron chi connectivity index (χ1n) is 3.07. The molecule has 60 valence electrons. The SMILES string of the molecule is COc1ccc(OPO)cc1. The summed E-state index contributed by atoms with van der Waals surface area (Å²) in [5.74, 6) is 1.42. The van der Waals surface area contributed by atoms with Crippen molar-refractivity contribution in [3.05, 3.63) is 24.3 Å². The van der Waals surface area contributed by atoms with E-state index in [1.165, 1.54) is 0 Å². The van der Waals surface area contributed by atoms with E-state index in [2.05, 4.69) is 0 Å². The highest BCUT2D eigenvalue weighted by molar-refractivity contribution is 7.25. The Labute approximate surface area is 66.9 Å². The van der Waals surface area contributed by atoms with Gasteiger partial charge < -0.3 is 14.2 Å². The van der Waals surface area contributed by atoms with Gasteiger partial charge >= 0.3 is 0 Å². The van der Waals surface area contributed by atoms with Crippen LogP contribution in [0.4, 0.5) is 0 Å². The molecular formula is C7H9O3P. The van der Waals surface area contributed by atoms with Crippen molar-refractivity contribution in [1.29, 1.82) is 0 Å². The normalized spacial score (nSPS) is 10.4. The fourth-order valence-corrected chi connectivity index (χ4v) is 0.938. The Morgan fingerprint density at radius 1 is 1.18 bits per heavy atom. The molecule has 1 aromatic carbocycles. The molecule has 1 unspecified atom stereocenters. The maximum atomic E-state index is 8.42. The van der Waals surface area contributed by atoms with Crippen molar-refractivity contribution in [3.63, 3.8) is 0 Å². The number of methoxy groups -OCH3 is 1. The van der Waals surface area contributed by atoms with Gasteiger partial charge in [0.15, 0.2) is 0 Å². The molecule has 0 aliphatic heterocycles. The molecule has 0 heterocycles. The Balaban J connectivity index is 2.66. The minimum absolute atomic E-state index is 0.508. The van der Waals surface area contributed by atoms with Gasteiger partial charge in [-0.15, -0.1) is 0 Å². The van der Waals surface area contributed by atoms with Gasteiger partial charge in [-0.25, -0.2) is 0 Å². The molecule has 1 N–H and O–H groups in total. The zero-order valence-corrected chi connectivity index (χ0v) is 7.07. The highest BCUT2D eigenvalue weighted by Gasteiger charge is 1.92. The van der Waals surface area contributed by atoms with Crippen molar-refractivity contribution < 1.29 is 14.2 Å². The van der Waals surface area contributed by atoms with Crippen molar-refractivity contribution in [2.75, 3.05) is 7.11 Å². The standard InChI is InChI=1S/C7H9O3P/c1-9-6-2-4-7(5-3-6)10-11-8/h2-5,8,11H,1H3. The summed E-state index contributed by atoms with van der Waals surface area (Å²) in [6.45, 7) is 0. The van der Waals surface area contributed by atoms with Crippen molar-refractivity contribution in [2.45, 2.75) is 0 Å². The van der Waals surface area contributed by atoms with Crippen LogP contribution in [0.1, 0.15) is 0 Å². The van der Waals surface area contributed by atoms with Crippen LogP contribution in [-0.2, 0) is 0 Å². The Hall–Kier alpha value is -0.790. The molecular weight excluding hydrogens is 163 g/mol. The first-order chi connectivity index (χ1) is 5.36. The van der Waals surface area contributed by atoms with Crippen LogP contribution in [0, 0.1) is 0 Å². The fraction of sp³-hybridized carbons (Fsp3) is 0.143. The molecule has 0 aromatic heterocycles. The molecule has 0 radical (unpaired) electrons. The topological polar surface area (TPSA) is 38.7 Å². The van der Waals surface area contributed by atoms with Crippen molar-refractivity contribution in [2.24, 2.45) is 0 Å². The smallest absolute Gasteiger partial charge is 0.212 e. The van der Waals surface area contributed by atoms with Crippen LogP contribution in [0.2, 0.25) is 0 Å². The molecule has 1 atom stereocenters. The second-order valence-electron chi connectivity index (χ2n) is 1.87. The molecule has 0 saturated carbocycles. The van der Waals surface area contributed by atoms with Gasteiger partial charge in [-0.3, -0.25) is 0 Å². The van der Waals surface area contributed by atoms with Crippen LogP contribution in [0.3, 0.4) is 0 Å². The maximum Gasteiger partial charge on any atom is 0.212 e. The molecule has 1 rings (SSSR count). The van der Waals surface area contributed by atoms with Crippen LogP contribution in [-0.4, -0.2) is 12.0 Å². The minimum Gasteiger partial charge on any atom is -0.497 e. The summed E-state index contributed by atoms with van der Waals surface area (Å²) in [6, 6.07) is 7.02. The highest BCUT2D eigenvalue weighted by Crippen LogP contribution is 2.20. The van der Waals surface area contributed by atoms with Gasteiger partial charge in [0.1, 0.15) is 11.5 Å². The summed E-state index contributed by atoms with van der Waals surface area (Å²) in [4.78, 5) is 8.42. The lowest BCUT2D eigenvalue weighted by Crippen LogP contribution is -1.82. The summed E-state index contributed by atoms with van der Waals surface area (Å²) in [5, 5.41) is 0. The van der Waals surface area contributed by atoms with E-state index in [1.807, 2.05) is 0 Å². The summed E-state index contributed by atoms with van der Waals surface area (Å²) < 4.78 is 9.76. The van der Waals surface area contributed by atoms with Gasteiger partial charge in [0.25, 0.3) is 0 Å². The predicted molar refractivity (Wildman–Crippen MR) is 44.2 cm³/mol. The lowest BCUT2D eigenvalue weighted by molar-refractivity contribution is 0.414. The van der Waals surface area contributed by atoms with Crippen LogP contribution in [0.15, 0.2) is 24.3 Å². The summed E-state index contributed by atoms with van der Waals surface area (Å²) in [6.07, 6.45) is 0. The zero-order chi connectivity index (χ0) is 8.10. The summed E-state index contributed by atoms with van der Waals surface area (Å²) in [5.41, 5.74) is 0. The molecule has 0 spiro atoms. The Bertz CT molecular complexity index is 209. The molecule has 0 aliphatic rings. The number of hydrogen-bond acceptors (Lipinski definition) is 3. The molecule has 0 saturated heterocycles. The average molecular weight is 172 g/mol. The quantitative estimate of drug-likeness (QED) is 0.703. The molecule has 3 nitrogen and oxygen atoms in total. The summed E-state index contributed by atoms with van der Waals surface area (Å²) in [7, 11) is 1.09. The number of hydrogen-bond donors (Lipinski definition) is 1. The third kappa shape index (κ3) is 2.37. The van der Waals surface area contributed by atoms with E-state index >= 15 is 0 Å². The number of ether oxygens (including phenoxy) is 1. The van der Waals surface area contributed by atoms with E-state index in [9.17, 15) is 0 Å². The third-order valence-corrected chi connectivity index (χ3v) is 1.55. The highest BCUT2D eigenvalue weighted by atomic mass is 31.1. The Morgan fingerprint density at radius 2 is 1.73 bits per heavy atom. The molecule has 0 fully saturated rings. The van der Waals surface area contributed by atoms with E-state index in [4.69, 9.17) is 14.2 Å². The molecule has 11 heavy (non-hydrogen) atoms. The first-order valence-corrected chi connectivity index (χ1v) is 3.92. The monoisotopic (exact) mass is 172 g/mol. The van der Waals surface area contributed by atoms with Crippen molar-refractivity contribution >= 4 is 9.03 Å². The second-order valence-corrected chi connectivity index (χ2v) is 2.26. The largest absolute Gasteiger partial charge is 0.497 e. The van der Waals surface area contributed by atoms with Gasteiger partial charge in [-0.05, 0) is 24.3 Å². The Morgan fingerprint density at radius 3 is 2.18 bits per heavy atom. The number of rotatable bonds is 3. The average Bonchev–Trinajstić information content (AvgIpc) is 2.07. The predicted octanol–water partition coefficient (Wildman–Crippen LogP) is 1.57. The van der Waals surface area contributed by atoms with Crippen LogP contribution in [0.25, 0.3) is 0 Å². The Kier molecular flexibility index (Phi) is 3.14. The number of benzene rings is 1.